The number of carbonyl (C=O) groups is 1. The highest BCUT2D eigenvalue weighted by Crippen LogP contribution is 2.40. The summed E-state index contributed by atoms with van der Waals surface area (Å²) < 4.78 is 5.24. The van der Waals surface area contributed by atoms with Gasteiger partial charge in [0.1, 0.15) is 12.0 Å². The van der Waals surface area contributed by atoms with Crippen LogP contribution in [0.4, 0.5) is 11.5 Å². The summed E-state index contributed by atoms with van der Waals surface area (Å²) in [5, 5.41) is 6.55. The van der Waals surface area contributed by atoms with Crippen molar-refractivity contribution >= 4 is 29.1 Å². The van der Waals surface area contributed by atoms with Crippen LogP contribution in [-0.4, -0.2) is 36.1 Å². The van der Waals surface area contributed by atoms with Crippen molar-refractivity contribution in [2.45, 2.75) is 32.6 Å². The predicted octanol–water partition coefficient (Wildman–Crippen LogP) is 2.71. The maximum atomic E-state index is 12.3. The molecule has 2 rings (SSSR count). The van der Waals surface area contributed by atoms with Gasteiger partial charge < -0.3 is 15.4 Å². The van der Waals surface area contributed by atoms with Gasteiger partial charge in [0.05, 0.1) is 12.0 Å². The molecule has 1 aliphatic rings. The van der Waals surface area contributed by atoms with Crippen LogP contribution in [0.2, 0.25) is 5.15 Å². The third-order valence-corrected chi connectivity index (χ3v) is 4.20. The van der Waals surface area contributed by atoms with Crippen LogP contribution in [0.15, 0.2) is 6.33 Å². The number of ether oxygens (including phenoxy) is 1. The normalized spacial score (nSPS) is 16.5. The number of halogens is 1. The Balaban J connectivity index is 2.13. The molecule has 0 aliphatic heterocycles. The number of nitrogens with one attached hydrogen (secondary N) is 2. The van der Waals surface area contributed by atoms with Crippen molar-refractivity contribution in [3.8, 4) is 0 Å². The van der Waals surface area contributed by atoms with Gasteiger partial charge in [-0.25, -0.2) is 9.97 Å². The standard InChI is InChI=1S/C14H21ClN4O2/c1-3-21-13(20)14(6-4-5-7-14)8-17-12-10(16-2)11(15)18-9-19-12/h9,16H,3-8H2,1-2H3,(H,17,18,19). The Morgan fingerprint density at radius 2 is 2.14 bits per heavy atom. The second kappa shape index (κ2) is 6.93. The molecule has 6 nitrogen and oxygen atoms in total. The quantitative estimate of drug-likeness (QED) is 0.621. The number of aromatic nitrogens is 2. The van der Waals surface area contributed by atoms with Gasteiger partial charge in [-0.15, -0.1) is 0 Å². The zero-order chi connectivity index (χ0) is 15.3. The highest BCUT2D eigenvalue weighted by molar-refractivity contribution is 6.32. The largest absolute Gasteiger partial charge is 0.466 e. The number of rotatable bonds is 6. The third kappa shape index (κ3) is 3.37. The highest BCUT2D eigenvalue weighted by Gasteiger charge is 2.42. The second-order valence-electron chi connectivity index (χ2n) is 5.20. The monoisotopic (exact) mass is 312 g/mol. The maximum Gasteiger partial charge on any atom is 0.313 e. The minimum Gasteiger partial charge on any atom is -0.466 e. The average molecular weight is 313 g/mol. The molecule has 0 atom stereocenters. The molecular weight excluding hydrogens is 292 g/mol. The summed E-state index contributed by atoms with van der Waals surface area (Å²) >= 11 is 6.03. The molecule has 21 heavy (non-hydrogen) atoms. The van der Waals surface area contributed by atoms with E-state index in [9.17, 15) is 4.79 Å². The van der Waals surface area contributed by atoms with Crippen LogP contribution >= 0.6 is 11.6 Å². The van der Waals surface area contributed by atoms with Crippen molar-refractivity contribution in [1.82, 2.24) is 9.97 Å². The van der Waals surface area contributed by atoms with E-state index in [0.29, 0.717) is 29.8 Å². The van der Waals surface area contributed by atoms with Crippen molar-refractivity contribution in [2.75, 3.05) is 30.8 Å². The Morgan fingerprint density at radius 1 is 1.43 bits per heavy atom. The summed E-state index contributed by atoms with van der Waals surface area (Å²) in [7, 11) is 1.76. The summed E-state index contributed by atoms with van der Waals surface area (Å²) in [4.78, 5) is 20.4. The number of esters is 1. The molecule has 2 N–H and O–H groups in total. The first-order chi connectivity index (χ1) is 10.1. The van der Waals surface area contributed by atoms with Gasteiger partial charge in [-0.3, -0.25) is 4.79 Å². The summed E-state index contributed by atoms with van der Waals surface area (Å²) in [5.41, 5.74) is 0.175. The van der Waals surface area contributed by atoms with Gasteiger partial charge in [-0.05, 0) is 19.8 Å². The molecular formula is C14H21ClN4O2. The van der Waals surface area contributed by atoms with Gasteiger partial charge in [0.25, 0.3) is 0 Å². The molecule has 1 heterocycles. The Hall–Kier alpha value is -1.56. The van der Waals surface area contributed by atoms with Crippen molar-refractivity contribution in [2.24, 2.45) is 5.41 Å². The molecule has 1 saturated carbocycles. The van der Waals surface area contributed by atoms with Crippen LogP contribution in [0.3, 0.4) is 0 Å². The molecule has 1 aromatic rings. The van der Waals surface area contributed by atoms with Crippen LogP contribution in [0, 0.1) is 5.41 Å². The summed E-state index contributed by atoms with van der Waals surface area (Å²) in [5.74, 6) is 0.481. The number of nitrogens with zero attached hydrogens (tertiary/aromatic N) is 2. The molecule has 0 bridgehead atoms. The molecule has 116 valence electrons. The van der Waals surface area contributed by atoms with E-state index >= 15 is 0 Å². The molecule has 1 aliphatic carbocycles. The molecule has 1 aromatic heterocycles. The van der Waals surface area contributed by atoms with E-state index in [4.69, 9.17) is 16.3 Å². The van der Waals surface area contributed by atoms with Gasteiger partial charge in [0.2, 0.25) is 0 Å². The molecule has 0 radical (unpaired) electrons. The summed E-state index contributed by atoms with van der Waals surface area (Å²) in [6.45, 7) is 2.73. The first-order valence-electron chi connectivity index (χ1n) is 7.22. The topological polar surface area (TPSA) is 76.1 Å². The van der Waals surface area contributed by atoms with Gasteiger partial charge in [-0.2, -0.15) is 0 Å². The number of hydrogen-bond acceptors (Lipinski definition) is 6. The van der Waals surface area contributed by atoms with Crippen molar-refractivity contribution < 1.29 is 9.53 Å². The molecule has 1 fully saturated rings. The zero-order valence-corrected chi connectivity index (χ0v) is 13.2. The lowest BCUT2D eigenvalue weighted by Crippen LogP contribution is -2.37. The van der Waals surface area contributed by atoms with Crippen LogP contribution in [0.1, 0.15) is 32.6 Å². The summed E-state index contributed by atoms with van der Waals surface area (Å²) in [6.07, 6.45) is 5.17. The highest BCUT2D eigenvalue weighted by atomic mass is 35.5. The Kier molecular flexibility index (Phi) is 5.22. The van der Waals surface area contributed by atoms with E-state index in [1.54, 1.807) is 7.05 Å². The molecule has 0 aromatic carbocycles. The Labute approximate surface area is 129 Å². The van der Waals surface area contributed by atoms with Crippen LogP contribution in [0.25, 0.3) is 0 Å². The molecule has 0 unspecified atom stereocenters. The zero-order valence-electron chi connectivity index (χ0n) is 12.4. The lowest BCUT2D eigenvalue weighted by molar-refractivity contribution is -0.154. The fourth-order valence-electron chi connectivity index (χ4n) is 2.76. The average Bonchev–Trinajstić information content (AvgIpc) is 2.95. The van der Waals surface area contributed by atoms with Gasteiger partial charge in [-0.1, -0.05) is 24.4 Å². The van der Waals surface area contributed by atoms with E-state index in [1.807, 2.05) is 6.92 Å². The smallest absolute Gasteiger partial charge is 0.313 e. The Bertz CT molecular complexity index is 504. The number of carbonyl (C=O) groups excluding carboxylic acids is 1. The van der Waals surface area contributed by atoms with E-state index in [0.717, 1.165) is 25.7 Å². The van der Waals surface area contributed by atoms with Gasteiger partial charge in [0.15, 0.2) is 11.0 Å². The van der Waals surface area contributed by atoms with E-state index < -0.39 is 5.41 Å². The van der Waals surface area contributed by atoms with Crippen molar-refractivity contribution in [3.05, 3.63) is 11.5 Å². The van der Waals surface area contributed by atoms with E-state index in [1.165, 1.54) is 6.33 Å². The minimum atomic E-state index is -0.460. The Morgan fingerprint density at radius 3 is 2.76 bits per heavy atom. The molecule has 0 saturated heterocycles. The van der Waals surface area contributed by atoms with Crippen molar-refractivity contribution in [3.63, 3.8) is 0 Å². The van der Waals surface area contributed by atoms with Gasteiger partial charge >= 0.3 is 5.97 Å². The predicted molar refractivity (Wildman–Crippen MR) is 82.6 cm³/mol. The number of anilines is 2. The van der Waals surface area contributed by atoms with E-state index in [-0.39, 0.29) is 5.97 Å². The molecule has 0 amide bonds. The van der Waals surface area contributed by atoms with E-state index in [2.05, 4.69) is 20.6 Å². The lowest BCUT2D eigenvalue weighted by atomic mass is 9.86. The lowest BCUT2D eigenvalue weighted by Gasteiger charge is -2.27. The first kappa shape index (κ1) is 15.8. The van der Waals surface area contributed by atoms with Gasteiger partial charge in [0, 0.05) is 13.6 Å². The second-order valence-corrected chi connectivity index (χ2v) is 5.56. The summed E-state index contributed by atoms with van der Waals surface area (Å²) in [6, 6.07) is 0. The van der Waals surface area contributed by atoms with Crippen LogP contribution in [-0.2, 0) is 9.53 Å². The van der Waals surface area contributed by atoms with Crippen LogP contribution in [0.5, 0.6) is 0 Å². The molecule has 0 spiro atoms. The number of hydrogen-bond donors (Lipinski definition) is 2. The van der Waals surface area contributed by atoms with Crippen molar-refractivity contribution in [1.29, 1.82) is 0 Å². The first-order valence-corrected chi connectivity index (χ1v) is 7.60. The SMILES string of the molecule is CCOC(=O)C1(CNc2ncnc(Cl)c2NC)CCCC1. The maximum absolute atomic E-state index is 12.3. The molecule has 7 heteroatoms. The minimum absolute atomic E-state index is 0.124. The third-order valence-electron chi connectivity index (χ3n) is 3.91. The van der Waals surface area contributed by atoms with Crippen LogP contribution < -0.4 is 10.6 Å². The fraction of sp³-hybridized carbons (Fsp3) is 0.643. The fourth-order valence-corrected chi connectivity index (χ4v) is 2.99.